The van der Waals surface area contributed by atoms with Gasteiger partial charge >= 0.3 is 0 Å². The van der Waals surface area contributed by atoms with Gasteiger partial charge in [-0.3, -0.25) is 0 Å². The van der Waals surface area contributed by atoms with Crippen molar-refractivity contribution in [2.45, 2.75) is 32.7 Å². The Balaban J connectivity index is 2.77. The molecule has 3 heteroatoms. The standard InChI is InChI=1S/C10H19N3/c1-4-8(5-2)10(11)9-6-12-7-13(9)3/h6-8,10H,4-5,11H2,1-3H3. The predicted molar refractivity (Wildman–Crippen MR) is 54.2 cm³/mol. The van der Waals surface area contributed by atoms with Crippen molar-refractivity contribution in [3.05, 3.63) is 18.2 Å². The van der Waals surface area contributed by atoms with Gasteiger partial charge < -0.3 is 10.3 Å². The largest absolute Gasteiger partial charge is 0.336 e. The quantitative estimate of drug-likeness (QED) is 0.770. The molecule has 0 radical (unpaired) electrons. The van der Waals surface area contributed by atoms with Gasteiger partial charge in [0.2, 0.25) is 0 Å². The van der Waals surface area contributed by atoms with E-state index in [1.54, 1.807) is 6.33 Å². The number of nitrogens with zero attached hydrogens (tertiary/aromatic N) is 2. The van der Waals surface area contributed by atoms with Gasteiger partial charge in [-0.1, -0.05) is 26.7 Å². The van der Waals surface area contributed by atoms with Gasteiger partial charge in [0.1, 0.15) is 0 Å². The average Bonchev–Trinajstić information content (AvgIpc) is 2.53. The van der Waals surface area contributed by atoms with Crippen LogP contribution in [0.2, 0.25) is 0 Å². The number of rotatable bonds is 4. The van der Waals surface area contributed by atoms with Gasteiger partial charge in [-0.05, 0) is 5.92 Å². The van der Waals surface area contributed by atoms with Crippen LogP contribution in [0.4, 0.5) is 0 Å². The number of hydrogen-bond acceptors (Lipinski definition) is 2. The highest BCUT2D eigenvalue weighted by Gasteiger charge is 2.18. The molecule has 1 rings (SSSR count). The molecule has 0 aliphatic carbocycles. The molecule has 0 aromatic carbocycles. The SMILES string of the molecule is CCC(CC)C(N)c1cncn1C. The van der Waals surface area contributed by atoms with E-state index < -0.39 is 0 Å². The van der Waals surface area contributed by atoms with Gasteiger partial charge in [0.15, 0.2) is 0 Å². The molecule has 0 aliphatic heterocycles. The zero-order chi connectivity index (χ0) is 9.84. The number of aromatic nitrogens is 2. The van der Waals surface area contributed by atoms with Gasteiger partial charge in [0.05, 0.1) is 12.0 Å². The molecule has 1 aromatic heterocycles. The molecule has 0 amide bonds. The first-order valence-corrected chi connectivity index (χ1v) is 4.92. The zero-order valence-electron chi connectivity index (χ0n) is 8.70. The Kier molecular flexibility index (Phi) is 3.48. The first kappa shape index (κ1) is 10.3. The highest BCUT2D eigenvalue weighted by atomic mass is 15.0. The van der Waals surface area contributed by atoms with Crippen LogP contribution in [0, 0.1) is 5.92 Å². The Labute approximate surface area is 80.0 Å². The Hall–Kier alpha value is -0.830. The second-order valence-corrected chi connectivity index (χ2v) is 3.53. The van der Waals surface area contributed by atoms with Crippen molar-refractivity contribution in [3.8, 4) is 0 Å². The maximum atomic E-state index is 6.14. The van der Waals surface area contributed by atoms with E-state index in [4.69, 9.17) is 5.73 Å². The topological polar surface area (TPSA) is 43.8 Å². The van der Waals surface area contributed by atoms with Crippen LogP contribution in [0.25, 0.3) is 0 Å². The van der Waals surface area contributed by atoms with Crippen LogP contribution in [-0.4, -0.2) is 9.55 Å². The van der Waals surface area contributed by atoms with E-state index in [1.807, 2.05) is 17.8 Å². The number of hydrogen-bond donors (Lipinski definition) is 1. The molecule has 1 unspecified atom stereocenters. The Morgan fingerprint density at radius 1 is 1.46 bits per heavy atom. The molecular formula is C10H19N3. The molecule has 74 valence electrons. The van der Waals surface area contributed by atoms with E-state index >= 15 is 0 Å². The predicted octanol–water partition coefficient (Wildman–Crippen LogP) is 1.86. The maximum absolute atomic E-state index is 6.14. The summed E-state index contributed by atoms with van der Waals surface area (Å²) in [7, 11) is 1.99. The molecule has 2 N–H and O–H groups in total. The van der Waals surface area contributed by atoms with E-state index in [-0.39, 0.29) is 6.04 Å². The smallest absolute Gasteiger partial charge is 0.0946 e. The van der Waals surface area contributed by atoms with Crippen LogP contribution in [0.1, 0.15) is 38.4 Å². The third-order valence-electron chi connectivity index (χ3n) is 2.75. The fraction of sp³-hybridized carbons (Fsp3) is 0.700. The fourth-order valence-electron chi connectivity index (χ4n) is 1.73. The highest BCUT2D eigenvalue weighted by Crippen LogP contribution is 2.23. The third-order valence-corrected chi connectivity index (χ3v) is 2.75. The van der Waals surface area contributed by atoms with Gasteiger partial charge in [0.25, 0.3) is 0 Å². The summed E-state index contributed by atoms with van der Waals surface area (Å²) in [5.74, 6) is 0.565. The zero-order valence-corrected chi connectivity index (χ0v) is 8.70. The summed E-state index contributed by atoms with van der Waals surface area (Å²) in [5, 5.41) is 0. The Bertz CT molecular complexity index is 250. The first-order chi connectivity index (χ1) is 6.20. The monoisotopic (exact) mass is 181 g/mol. The van der Waals surface area contributed by atoms with Gasteiger partial charge in [-0.25, -0.2) is 4.98 Å². The lowest BCUT2D eigenvalue weighted by atomic mass is 9.93. The highest BCUT2D eigenvalue weighted by molar-refractivity contribution is 5.05. The summed E-state index contributed by atoms with van der Waals surface area (Å²) in [5.41, 5.74) is 7.28. The average molecular weight is 181 g/mol. The van der Waals surface area contributed by atoms with Crippen molar-refractivity contribution in [2.75, 3.05) is 0 Å². The van der Waals surface area contributed by atoms with Gasteiger partial charge in [-0.2, -0.15) is 0 Å². The molecule has 1 atom stereocenters. The minimum Gasteiger partial charge on any atom is -0.336 e. The molecular weight excluding hydrogens is 162 g/mol. The molecule has 0 spiro atoms. The molecule has 13 heavy (non-hydrogen) atoms. The summed E-state index contributed by atoms with van der Waals surface area (Å²) >= 11 is 0. The third kappa shape index (κ3) is 2.10. The van der Waals surface area contributed by atoms with Crippen molar-refractivity contribution in [2.24, 2.45) is 18.7 Å². The van der Waals surface area contributed by atoms with Crippen molar-refractivity contribution < 1.29 is 0 Å². The lowest BCUT2D eigenvalue weighted by Crippen LogP contribution is -2.22. The molecule has 0 fully saturated rings. The van der Waals surface area contributed by atoms with Crippen LogP contribution in [0.5, 0.6) is 0 Å². The summed E-state index contributed by atoms with van der Waals surface area (Å²) in [6.45, 7) is 4.37. The van der Waals surface area contributed by atoms with Crippen LogP contribution in [-0.2, 0) is 7.05 Å². The molecule has 3 nitrogen and oxygen atoms in total. The molecule has 0 aliphatic rings. The van der Waals surface area contributed by atoms with Gasteiger partial charge in [-0.15, -0.1) is 0 Å². The summed E-state index contributed by atoms with van der Waals surface area (Å²) in [6, 6.07) is 0.127. The number of nitrogens with two attached hydrogens (primary N) is 1. The van der Waals surface area contributed by atoms with E-state index in [9.17, 15) is 0 Å². The van der Waals surface area contributed by atoms with E-state index in [2.05, 4.69) is 18.8 Å². The van der Waals surface area contributed by atoms with E-state index in [1.165, 1.54) is 0 Å². The summed E-state index contributed by atoms with van der Waals surface area (Å²) in [6.07, 6.45) is 5.92. The molecule has 0 saturated heterocycles. The first-order valence-electron chi connectivity index (χ1n) is 4.92. The minimum absolute atomic E-state index is 0.127. The normalized spacial score (nSPS) is 13.6. The second-order valence-electron chi connectivity index (χ2n) is 3.53. The van der Waals surface area contributed by atoms with Crippen LogP contribution in [0.3, 0.4) is 0 Å². The van der Waals surface area contributed by atoms with Crippen LogP contribution < -0.4 is 5.73 Å². The molecule has 0 bridgehead atoms. The van der Waals surface area contributed by atoms with Gasteiger partial charge in [0, 0.05) is 19.3 Å². The molecule has 1 aromatic rings. The Morgan fingerprint density at radius 3 is 2.46 bits per heavy atom. The number of imidazole rings is 1. The van der Waals surface area contributed by atoms with Crippen molar-refractivity contribution in [1.82, 2.24) is 9.55 Å². The number of aryl methyl sites for hydroxylation is 1. The van der Waals surface area contributed by atoms with Crippen molar-refractivity contribution in [3.63, 3.8) is 0 Å². The maximum Gasteiger partial charge on any atom is 0.0946 e. The van der Waals surface area contributed by atoms with Crippen molar-refractivity contribution >= 4 is 0 Å². The Morgan fingerprint density at radius 2 is 2.08 bits per heavy atom. The minimum atomic E-state index is 0.127. The van der Waals surface area contributed by atoms with Crippen LogP contribution in [0.15, 0.2) is 12.5 Å². The van der Waals surface area contributed by atoms with Crippen LogP contribution >= 0.6 is 0 Å². The second kappa shape index (κ2) is 4.42. The molecule has 1 heterocycles. The van der Waals surface area contributed by atoms with E-state index in [0.717, 1.165) is 18.5 Å². The van der Waals surface area contributed by atoms with E-state index in [0.29, 0.717) is 5.92 Å². The molecule has 0 saturated carbocycles. The summed E-state index contributed by atoms with van der Waals surface area (Å²) < 4.78 is 2.00. The fourth-order valence-corrected chi connectivity index (χ4v) is 1.73. The lowest BCUT2D eigenvalue weighted by molar-refractivity contribution is 0.392. The van der Waals surface area contributed by atoms with Crippen molar-refractivity contribution in [1.29, 1.82) is 0 Å². The lowest BCUT2D eigenvalue weighted by Gasteiger charge is -2.21. The summed E-state index contributed by atoms with van der Waals surface area (Å²) in [4.78, 5) is 4.08.